The minimum Gasteiger partial charge on any atom is -0.489 e. The molecular formula is C26H27NO3. The van der Waals surface area contributed by atoms with Crippen molar-refractivity contribution in [1.82, 2.24) is 0 Å². The van der Waals surface area contributed by atoms with E-state index in [0.29, 0.717) is 13.0 Å². The number of benzene rings is 3. The van der Waals surface area contributed by atoms with Crippen molar-refractivity contribution in [2.45, 2.75) is 39.2 Å². The molecule has 3 aromatic rings. The quantitative estimate of drug-likeness (QED) is 0.554. The maximum absolute atomic E-state index is 10.7. The van der Waals surface area contributed by atoms with Crippen LogP contribution in [0.5, 0.6) is 5.75 Å². The number of aliphatic carboxylic acids is 1. The van der Waals surface area contributed by atoms with Gasteiger partial charge in [0.05, 0.1) is 0 Å². The number of carboxylic acids is 1. The molecule has 0 spiro atoms. The molecule has 4 rings (SSSR count). The summed E-state index contributed by atoms with van der Waals surface area (Å²) in [6.45, 7) is 3.67. The van der Waals surface area contributed by atoms with E-state index in [1.165, 1.54) is 22.5 Å². The lowest BCUT2D eigenvalue weighted by atomic mass is 9.99. The van der Waals surface area contributed by atoms with E-state index in [0.717, 1.165) is 36.3 Å². The van der Waals surface area contributed by atoms with Crippen LogP contribution in [0.3, 0.4) is 0 Å². The predicted octanol–water partition coefficient (Wildman–Crippen LogP) is 5.68. The Kier molecular flexibility index (Phi) is 6.03. The van der Waals surface area contributed by atoms with Crippen LogP contribution in [0.25, 0.3) is 0 Å². The van der Waals surface area contributed by atoms with Gasteiger partial charge in [0.15, 0.2) is 0 Å². The molecule has 30 heavy (non-hydrogen) atoms. The molecule has 1 heterocycles. The highest BCUT2D eigenvalue weighted by molar-refractivity contribution is 5.69. The van der Waals surface area contributed by atoms with Gasteiger partial charge in [-0.2, -0.15) is 0 Å². The molecule has 1 N–H and O–H groups in total. The fraction of sp³-hybridized carbons (Fsp3) is 0.269. The van der Waals surface area contributed by atoms with Crippen LogP contribution in [0.15, 0.2) is 66.7 Å². The number of ether oxygens (including phenoxy) is 1. The molecule has 0 saturated carbocycles. The summed E-state index contributed by atoms with van der Waals surface area (Å²) in [5, 5.41) is 8.79. The van der Waals surface area contributed by atoms with Gasteiger partial charge in [-0.15, -0.1) is 0 Å². The van der Waals surface area contributed by atoms with E-state index < -0.39 is 5.97 Å². The molecular weight excluding hydrogens is 374 g/mol. The molecule has 0 radical (unpaired) electrons. The van der Waals surface area contributed by atoms with Gasteiger partial charge in [0.1, 0.15) is 12.4 Å². The van der Waals surface area contributed by atoms with E-state index in [9.17, 15) is 4.79 Å². The summed E-state index contributed by atoms with van der Waals surface area (Å²) in [5.41, 5.74) is 7.37. The van der Waals surface area contributed by atoms with Crippen molar-refractivity contribution >= 4 is 17.3 Å². The minimum absolute atomic E-state index is 0.145. The summed E-state index contributed by atoms with van der Waals surface area (Å²) >= 11 is 0. The molecule has 0 saturated heterocycles. The maximum Gasteiger partial charge on any atom is 0.303 e. The number of aryl methyl sites for hydroxylation is 3. The van der Waals surface area contributed by atoms with E-state index in [4.69, 9.17) is 9.84 Å². The molecule has 4 nitrogen and oxygen atoms in total. The topological polar surface area (TPSA) is 49.8 Å². The second-order valence-corrected chi connectivity index (χ2v) is 7.88. The Hall–Kier alpha value is -3.27. The average molecular weight is 402 g/mol. The normalized spacial score (nSPS) is 13.0. The number of fused-ring (bicyclic) bond motifs is 1. The van der Waals surface area contributed by atoms with Gasteiger partial charge in [-0.05, 0) is 73.2 Å². The van der Waals surface area contributed by atoms with Gasteiger partial charge < -0.3 is 14.7 Å². The van der Waals surface area contributed by atoms with Crippen LogP contribution < -0.4 is 9.64 Å². The summed E-state index contributed by atoms with van der Waals surface area (Å²) < 4.78 is 5.97. The van der Waals surface area contributed by atoms with E-state index in [2.05, 4.69) is 54.3 Å². The van der Waals surface area contributed by atoms with Gasteiger partial charge >= 0.3 is 5.97 Å². The predicted molar refractivity (Wildman–Crippen MR) is 120 cm³/mol. The van der Waals surface area contributed by atoms with Crippen molar-refractivity contribution in [1.29, 1.82) is 0 Å². The number of rotatable bonds is 7. The molecule has 0 fully saturated rings. The molecule has 0 bridgehead atoms. The summed E-state index contributed by atoms with van der Waals surface area (Å²) in [4.78, 5) is 13.1. The van der Waals surface area contributed by atoms with Gasteiger partial charge in [0.2, 0.25) is 0 Å². The zero-order chi connectivity index (χ0) is 20.9. The molecule has 0 amide bonds. The Bertz CT molecular complexity index is 1030. The van der Waals surface area contributed by atoms with Gasteiger partial charge in [-0.25, -0.2) is 0 Å². The van der Waals surface area contributed by atoms with Gasteiger partial charge in [-0.1, -0.05) is 42.0 Å². The molecule has 1 aliphatic rings. The smallest absolute Gasteiger partial charge is 0.303 e. The number of nitrogens with zero attached hydrogens (tertiary/aromatic N) is 1. The second-order valence-electron chi connectivity index (χ2n) is 7.88. The zero-order valence-electron chi connectivity index (χ0n) is 17.3. The van der Waals surface area contributed by atoms with Crippen LogP contribution in [0.2, 0.25) is 0 Å². The lowest BCUT2D eigenvalue weighted by Crippen LogP contribution is -2.24. The van der Waals surface area contributed by atoms with E-state index in [1.54, 1.807) is 0 Å². The Morgan fingerprint density at radius 2 is 1.87 bits per heavy atom. The van der Waals surface area contributed by atoms with Crippen molar-refractivity contribution in [3.05, 3.63) is 89.0 Å². The molecule has 1 aliphatic heterocycles. The van der Waals surface area contributed by atoms with Crippen LogP contribution >= 0.6 is 0 Å². The molecule has 3 aromatic carbocycles. The SMILES string of the molecule is Cc1ccc2c(c1)CCCN2c1cccc(COc2ccc(CCC(=O)O)cc2)c1. The monoisotopic (exact) mass is 401 g/mol. The molecule has 154 valence electrons. The molecule has 0 aliphatic carbocycles. The largest absolute Gasteiger partial charge is 0.489 e. The standard InChI is InChI=1S/C26H27NO3/c1-19-7-13-25-22(16-19)5-3-15-27(25)23-6-2-4-21(17-23)18-30-24-11-8-20(9-12-24)10-14-26(28)29/h2,4,6-9,11-13,16-17H,3,5,10,14-15,18H2,1H3,(H,28,29). The fourth-order valence-corrected chi connectivity index (χ4v) is 3.98. The summed E-state index contributed by atoms with van der Waals surface area (Å²) in [6, 6.07) is 22.9. The van der Waals surface area contributed by atoms with Crippen molar-refractivity contribution in [2.24, 2.45) is 0 Å². The Balaban J connectivity index is 1.43. The molecule has 4 heteroatoms. The van der Waals surface area contributed by atoms with Crippen LogP contribution in [0, 0.1) is 6.92 Å². The lowest BCUT2D eigenvalue weighted by Gasteiger charge is -2.32. The molecule has 0 unspecified atom stereocenters. The molecule has 0 aromatic heterocycles. The third kappa shape index (κ3) is 4.82. The summed E-state index contributed by atoms with van der Waals surface area (Å²) in [7, 11) is 0. The third-order valence-corrected chi connectivity index (χ3v) is 5.53. The van der Waals surface area contributed by atoms with Crippen LogP contribution in [-0.2, 0) is 24.2 Å². The van der Waals surface area contributed by atoms with Crippen molar-refractivity contribution in [3.8, 4) is 5.75 Å². The number of anilines is 2. The van der Waals surface area contributed by atoms with Crippen LogP contribution in [0.1, 0.15) is 35.1 Å². The van der Waals surface area contributed by atoms with Gasteiger partial charge in [-0.3, -0.25) is 4.79 Å². The Morgan fingerprint density at radius 3 is 2.67 bits per heavy atom. The van der Waals surface area contributed by atoms with Crippen molar-refractivity contribution in [3.63, 3.8) is 0 Å². The van der Waals surface area contributed by atoms with Crippen LogP contribution in [0.4, 0.5) is 11.4 Å². The first kappa shape index (κ1) is 20.0. The number of carbonyl (C=O) groups is 1. The first-order valence-electron chi connectivity index (χ1n) is 10.5. The minimum atomic E-state index is -0.776. The Labute approximate surface area is 177 Å². The number of hydrogen-bond donors (Lipinski definition) is 1. The average Bonchev–Trinajstić information content (AvgIpc) is 2.76. The van der Waals surface area contributed by atoms with Gasteiger partial charge in [0.25, 0.3) is 0 Å². The summed E-state index contributed by atoms with van der Waals surface area (Å²) in [6.07, 6.45) is 2.98. The van der Waals surface area contributed by atoms with Crippen molar-refractivity contribution < 1.29 is 14.6 Å². The van der Waals surface area contributed by atoms with Crippen LogP contribution in [-0.4, -0.2) is 17.6 Å². The van der Waals surface area contributed by atoms with E-state index >= 15 is 0 Å². The third-order valence-electron chi connectivity index (χ3n) is 5.53. The number of carboxylic acid groups (broad SMARTS) is 1. The first-order valence-corrected chi connectivity index (χ1v) is 10.5. The highest BCUT2D eigenvalue weighted by Gasteiger charge is 2.18. The zero-order valence-corrected chi connectivity index (χ0v) is 17.3. The van der Waals surface area contributed by atoms with E-state index in [1.807, 2.05) is 24.3 Å². The van der Waals surface area contributed by atoms with Gasteiger partial charge in [0, 0.05) is 24.3 Å². The van der Waals surface area contributed by atoms with Crippen molar-refractivity contribution in [2.75, 3.05) is 11.4 Å². The fourth-order valence-electron chi connectivity index (χ4n) is 3.98. The Morgan fingerprint density at radius 1 is 1.03 bits per heavy atom. The molecule has 0 atom stereocenters. The first-order chi connectivity index (χ1) is 14.6. The second kappa shape index (κ2) is 9.04. The highest BCUT2D eigenvalue weighted by atomic mass is 16.5. The highest BCUT2D eigenvalue weighted by Crippen LogP contribution is 2.34. The number of hydrogen-bond acceptors (Lipinski definition) is 3. The maximum atomic E-state index is 10.7. The summed E-state index contributed by atoms with van der Waals surface area (Å²) in [5.74, 6) is 0.0138. The van der Waals surface area contributed by atoms with E-state index in [-0.39, 0.29) is 6.42 Å². The lowest BCUT2D eigenvalue weighted by molar-refractivity contribution is -0.136.